The van der Waals surface area contributed by atoms with Gasteiger partial charge < -0.3 is 20.3 Å². The van der Waals surface area contributed by atoms with Crippen molar-refractivity contribution >= 4 is 24.0 Å². The number of carbonyl (C=O) groups excluding carboxylic acids is 3. The highest BCUT2D eigenvalue weighted by Gasteiger charge is 2.38. The van der Waals surface area contributed by atoms with Crippen molar-refractivity contribution in [3.05, 3.63) is 42.0 Å². The Morgan fingerprint density at radius 3 is 2.23 bits per heavy atom. The highest BCUT2D eigenvalue weighted by atomic mass is 16.6. The van der Waals surface area contributed by atoms with Crippen molar-refractivity contribution in [2.75, 3.05) is 6.54 Å². The summed E-state index contributed by atoms with van der Waals surface area (Å²) in [6, 6.07) is 5.75. The fraction of sp³-hybridized carbons (Fsp3) is 0.607. The normalized spacial score (nSPS) is 14.3. The van der Waals surface area contributed by atoms with Crippen LogP contribution < -0.4 is 10.6 Å². The van der Waals surface area contributed by atoms with Gasteiger partial charge in [0.25, 0.3) is 0 Å². The van der Waals surface area contributed by atoms with Gasteiger partial charge in [0.05, 0.1) is 0 Å². The van der Waals surface area contributed by atoms with Gasteiger partial charge >= 0.3 is 6.09 Å². The molecule has 0 aliphatic rings. The Balaban J connectivity index is 3.54. The third-order valence-electron chi connectivity index (χ3n) is 5.42. The molecule has 3 unspecified atom stereocenters. The van der Waals surface area contributed by atoms with Crippen LogP contribution in [0.3, 0.4) is 0 Å². The third-order valence-corrected chi connectivity index (χ3v) is 5.42. The second-order valence-corrected chi connectivity index (χ2v) is 11.1. The van der Waals surface area contributed by atoms with E-state index < -0.39 is 29.3 Å². The summed E-state index contributed by atoms with van der Waals surface area (Å²) in [4.78, 5) is 41.8. The van der Waals surface area contributed by atoms with Gasteiger partial charge in [0.15, 0.2) is 0 Å². The number of ether oxygens (including phenoxy) is 1. The van der Waals surface area contributed by atoms with Crippen molar-refractivity contribution in [3.8, 4) is 0 Å². The molecule has 0 bridgehead atoms. The monoisotopic (exact) mass is 487 g/mol. The Morgan fingerprint density at radius 2 is 1.74 bits per heavy atom. The third kappa shape index (κ3) is 9.74. The van der Waals surface area contributed by atoms with Gasteiger partial charge in [0, 0.05) is 12.1 Å². The van der Waals surface area contributed by atoms with E-state index in [1.165, 1.54) is 0 Å². The van der Waals surface area contributed by atoms with Crippen LogP contribution in [0.15, 0.2) is 30.8 Å². The fourth-order valence-corrected chi connectivity index (χ4v) is 3.67. The minimum Gasteiger partial charge on any atom is -0.444 e. The van der Waals surface area contributed by atoms with Gasteiger partial charge in [-0.05, 0) is 71.1 Å². The number of hydrogen-bond donors (Lipinski definition) is 2. The molecule has 3 amide bonds. The lowest BCUT2D eigenvalue weighted by Crippen LogP contribution is -2.56. The van der Waals surface area contributed by atoms with E-state index in [2.05, 4.69) is 17.2 Å². The van der Waals surface area contributed by atoms with E-state index in [9.17, 15) is 14.4 Å². The molecule has 0 saturated heterocycles. The lowest BCUT2D eigenvalue weighted by molar-refractivity contribution is -0.144. The first kappa shape index (κ1) is 30.2. The van der Waals surface area contributed by atoms with Crippen molar-refractivity contribution < 1.29 is 19.1 Å². The molecular formula is C28H45N3O4. The molecule has 0 spiro atoms. The Hall–Kier alpha value is -2.83. The highest BCUT2D eigenvalue weighted by molar-refractivity contribution is 5.92. The molecule has 0 saturated carbocycles. The predicted molar refractivity (Wildman–Crippen MR) is 142 cm³/mol. The number of carbonyl (C=O) groups is 3. The summed E-state index contributed by atoms with van der Waals surface area (Å²) in [5, 5.41) is 5.81. The molecule has 1 aromatic carbocycles. The molecular weight excluding hydrogens is 442 g/mol. The zero-order valence-electron chi connectivity index (χ0n) is 23.0. The first-order valence-corrected chi connectivity index (χ1v) is 12.5. The van der Waals surface area contributed by atoms with Gasteiger partial charge in [-0.3, -0.25) is 9.59 Å². The zero-order valence-corrected chi connectivity index (χ0v) is 23.0. The summed E-state index contributed by atoms with van der Waals surface area (Å²) in [7, 11) is 0. The number of nitrogens with one attached hydrogen (secondary N) is 2. The van der Waals surface area contributed by atoms with Gasteiger partial charge in [-0.1, -0.05) is 58.0 Å². The molecule has 0 aliphatic carbocycles. The van der Waals surface area contributed by atoms with E-state index in [0.717, 1.165) is 5.56 Å². The fourth-order valence-electron chi connectivity index (χ4n) is 3.67. The van der Waals surface area contributed by atoms with E-state index in [0.29, 0.717) is 24.9 Å². The van der Waals surface area contributed by atoms with Crippen LogP contribution in [0.25, 0.3) is 6.08 Å². The maximum absolute atomic E-state index is 14.0. The standard InChI is InChI=1S/C28H45N3O4/c1-11-17-31(25(33)22(19(4)12-2)29-26(34)35-28(8,9)10)23(24(32)30-27(5,6)7)21-16-14-15-20(13-3)18-21/h13-16,18-19,22-23H,3,11-12,17H2,1-2,4-10H3,(H,29,34)(H,30,32). The number of amides is 3. The van der Waals surface area contributed by atoms with Gasteiger partial charge in [0.2, 0.25) is 11.8 Å². The van der Waals surface area contributed by atoms with E-state index >= 15 is 0 Å². The average molecular weight is 488 g/mol. The number of alkyl carbamates (subject to hydrolysis) is 1. The second kappa shape index (κ2) is 12.8. The molecule has 0 radical (unpaired) electrons. The summed E-state index contributed by atoms with van der Waals surface area (Å²) >= 11 is 0. The Morgan fingerprint density at radius 1 is 1.11 bits per heavy atom. The van der Waals surface area contributed by atoms with Crippen LogP contribution >= 0.6 is 0 Å². The van der Waals surface area contributed by atoms with Crippen molar-refractivity contribution in [1.82, 2.24) is 15.5 Å². The molecule has 196 valence electrons. The summed E-state index contributed by atoms with van der Waals surface area (Å²) in [5.74, 6) is -0.758. The number of hydrogen-bond acceptors (Lipinski definition) is 4. The molecule has 3 atom stereocenters. The maximum atomic E-state index is 14.0. The zero-order chi connectivity index (χ0) is 27.0. The summed E-state index contributed by atoms with van der Waals surface area (Å²) < 4.78 is 5.43. The number of nitrogens with zero attached hydrogens (tertiary/aromatic N) is 1. The Bertz CT molecular complexity index is 883. The van der Waals surface area contributed by atoms with Crippen molar-refractivity contribution in [1.29, 1.82) is 0 Å². The molecule has 1 rings (SSSR count). The number of rotatable bonds is 10. The molecule has 0 fully saturated rings. The van der Waals surface area contributed by atoms with E-state index in [4.69, 9.17) is 4.74 Å². The van der Waals surface area contributed by atoms with Crippen molar-refractivity contribution in [2.45, 2.75) is 98.4 Å². The first-order chi connectivity index (χ1) is 16.1. The lowest BCUT2D eigenvalue weighted by atomic mass is 9.94. The Labute approximate surface area is 211 Å². The average Bonchev–Trinajstić information content (AvgIpc) is 2.73. The summed E-state index contributed by atoms with van der Waals surface area (Å²) in [6.45, 7) is 21.0. The molecule has 0 heterocycles. The molecule has 35 heavy (non-hydrogen) atoms. The minimum absolute atomic E-state index is 0.166. The van der Waals surface area contributed by atoms with Crippen LogP contribution in [0.5, 0.6) is 0 Å². The first-order valence-electron chi connectivity index (χ1n) is 12.5. The topological polar surface area (TPSA) is 87.7 Å². The summed E-state index contributed by atoms with van der Waals surface area (Å²) in [6.07, 6.45) is 2.36. The smallest absolute Gasteiger partial charge is 0.408 e. The molecule has 7 nitrogen and oxygen atoms in total. The molecule has 1 aromatic rings. The van der Waals surface area contributed by atoms with Crippen LogP contribution in [0.2, 0.25) is 0 Å². The quantitative estimate of drug-likeness (QED) is 0.458. The maximum Gasteiger partial charge on any atom is 0.408 e. The van der Waals surface area contributed by atoms with Crippen LogP contribution in [-0.4, -0.2) is 46.5 Å². The largest absolute Gasteiger partial charge is 0.444 e. The molecule has 2 N–H and O–H groups in total. The molecule has 0 aromatic heterocycles. The van der Waals surface area contributed by atoms with Crippen molar-refractivity contribution in [3.63, 3.8) is 0 Å². The van der Waals surface area contributed by atoms with Crippen LogP contribution in [0.1, 0.15) is 92.3 Å². The predicted octanol–water partition coefficient (Wildman–Crippen LogP) is 5.46. The molecule has 0 aliphatic heterocycles. The van der Waals surface area contributed by atoms with E-state index in [1.54, 1.807) is 31.7 Å². The van der Waals surface area contributed by atoms with Crippen molar-refractivity contribution in [2.24, 2.45) is 5.92 Å². The molecule has 7 heteroatoms. The second-order valence-electron chi connectivity index (χ2n) is 11.1. The highest BCUT2D eigenvalue weighted by Crippen LogP contribution is 2.26. The summed E-state index contributed by atoms with van der Waals surface area (Å²) in [5.41, 5.74) is 0.352. The Kier molecular flexibility index (Phi) is 11.0. The van der Waals surface area contributed by atoms with Crippen LogP contribution in [0.4, 0.5) is 4.79 Å². The van der Waals surface area contributed by atoms with Gasteiger partial charge in [0.1, 0.15) is 17.7 Å². The van der Waals surface area contributed by atoms with E-state index in [-0.39, 0.29) is 17.7 Å². The SMILES string of the molecule is C=Cc1cccc(C(C(=O)NC(C)(C)C)N(CCC)C(=O)C(NC(=O)OC(C)(C)C)C(C)CC)c1. The minimum atomic E-state index is -0.867. The lowest BCUT2D eigenvalue weighted by Gasteiger charge is -2.37. The van der Waals surface area contributed by atoms with Gasteiger partial charge in [-0.25, -0.2) is 4.79 Å². The van der Waals surface area contributed by atoms with Gasteiger partial charge in [-0.15, -0.1) is 0 Å². The van der Waals surface area contributed by atoms with Crippen LogP contribution in [0, 0.1) is 5.92 Å². The van der Waals surface area contributed by atoms with Gasteiger partial charge in [-0.2, -0.15) is 0 Å². The van der Waals surface area contributed by atoms with Crippen LogP contribution in [-0.2, 0) is 14.3 Å². The van der Waals surface area contributed by atoms with E-state index in [1.807, 2.05) is 65.8 Å². The number of benzene rings is 1.